The van der Waals surface area contributed by atoms with Crippen molar-refractivity contribution in [1.29, 1.82) is 0 Å². The van der Waals surface area contributed by atoms with Crippen LogP contribution in [0.3, 0.4) is 0 Å². The lowest BCUT2D eigenvalue weighted by atomic mass is 10.1. The van der Waals surface area contributed by atoms with Crippen LogP contribution in [-0.4, -0.2) is 12.5 Å². The Kier molecular flexibility index (Phi) is 4.18. The van der Waals surface area contributed by atoms with E-state index in [4.69, 9.17) is 0 Å². The molecule has 1 saturated carbocycles. The van der Waals surface area contributed by atoms with Crippen LogP contribution in [0, 0.1) is 5.92 Å². The first-order valence-electron chi connectivity index (χ1n) is 6.03. The van der Waals surface area contributed by atoms with Crippen LogP contribution in [0.5, 0.6) is 0 Å². The van der Waals surface area contributed by atoms with Gasteiger partial charge in [-0.2, -0.15) is 13.2 Å². The number of carbonyl (C=O) groups excluding carboxylic acids is 1. The number of hydrogen-bond acceptors (Lipinski definition) is 1. The van der Waals surface area contributed by atoms with Crippen LogP contribution in [0.4, 0.5) is 13.2 Å². The Bertz CT molecular complexity index is 483. The highest BCUT2D eigenvalue weighted by Gasteiger charge is 2.31. The van der Waals surface area contributed by atoms with E-state index in [9.17, 15) is 18.0 Å². The molecule has 1 fully saturated rings. The number of rotatable bonds is 4. The average Bonchev–Trinajstić information content (AvgIpc) is 3.12. The van der Waals surface area contributed by atoms with Gasteiger partial charge in [-0.25, -0.2) is 0 Å². The molecule has 1 N–H and O–H groups in total. The predicted octanol–water partition coefficient (Wildman–Crippen LogP) is 4.00. The quantitative estimate of drug-likeness (QED) is 0.885. The Morgan fingerprint density at radius 3 is 2.63 bits per heavy atom. The second-order valence-corrected chi connectivity index (χ2v) is 5.53. The number of benzene rings is 1. The van der Waals surface area contributed by atoms with Gasteiger partial charge in [-0.3, -0.25) is 4.79 Å². The van der Waals surface area contributed by atoms with Crippen molar-refractivity contribution in [3.63, 3.8) is 0 Å². The molecule has 0 atom stereocenters. The molecule has 0 bridgehead atoms. The summed E-state index contributed by atoms with van der Waals surface area (Å²) in [6.45, 7) is 0.506. The van der Waals surface area contributed by atoms with Gasteiger partial charge in [-0.1, -0.05) is 12.8 Å². The molecule has 104 valence electrons. The smallest absolute Gasteiger partial charge is 0.352 e. The minimum Gasteiger partial charge on any atom is -0.352 e. The first-order chi connectivity index (χ1) is 8.88. The molecule has 1 amide bonds. The summed E-state index contributed by atoms with van der Waals surface area (Å²) in [5.41, 5.74) is -0.798. The number of carbonyl (C=O) groups is 1. The maximum Gasteiger partial charge on any atom is 0.416 e. The highest BCUT2D eigenvalue weighted by Crippen LogP contribution is 2.33. The van der Waals surface area contributed by atoms with Gasteiger partial charge in [0, 0.05) is 11.0 Å². The van der Waals surface area contributed by atoms with E-state index in [1.165, 1.54) is 18.9 Å². The van der Waals surface area contributed by atoms with Gasteiger partial charge >= 0.3 is 6.18 Å². The van der Waals surface area contributed by atoms with Gasteiger partial charge in [-0.05, 0) is 46.5 Å². The third-order valence-electron chi connectivity index (χ3n) is 3.07. The van der Waals surface area contributed by atoms with E-state index in [2.05, 4.69) is 21.2 Å². The first-order valence-corrected chi connectivity index (χ1v) is 6.82. The molecular formula is C13H13BrF3NO. The predicted molar refractivity (Wildman–Crippen MR) is 68.8 cm³/mol. The number of halogens is 4. The third kappa shape index (κ3) is 3.96. The van der Waals surface area contributed by atoms with Gasteiger partial charge in [0.15, 0.2) is 0 Å². The summed E-state index contributed by atoms with van der Waals surface area (Å²) in [4.78, 5) is 11.8. The molecular weight excluding hydrogens is 323 g/mol. The second-order valence-electron chi connectivity index (χ2n) is 4.68. The molecule has 19 heavy (non-hydrogen) atoms. The van der Waals surface area contributed by atoms with E-state index >= 15 is 0 Å². The van der Waals surface area contributed by atoms with Crippen molar-refractivity contribution in [2.75, 3.05) is 6.54 Å². The molecule has 0 spiro atoms. The van der Waals surface area contributed by atoms with Crippen LogP contribution < -0.4 is 5.32 Å². The largest absolute Gasteiger partial charge is 0.416 e. The van der Waals surface area contributed by atoms with Crippen molar-refractivity contribution in [2.45, 2.75) is 25.4 Å². The van der Waals surface area contributed by atoms with Crippen molar-refractivity contribution in [3.05, 3.63) is 33.8 Å². The molecule has 2 rings (SSSR count). The Balaban J connectivity index is 2.06. The summed E-state index contributed by atoms with van der Waals surface area (Å²) in [7, 11) is 0. The Hall–Kier alpha value is -1.04. The van der Waals surface area contributed by atoms with E-state index in [0.717, 1.165) is 18.6 Å². The molecule has 0 aromatic heterocycles. The highest BCUT2D eigenvalue weighted by atomic mass is 79.9. The standard InChI is InChI=1S/C13H13BrF3NO/c14-11-4-3-9(13(15,16)17)7-10(11)12(19)18-6-5-8-1-2-8/h3-4,7-8H,1-2,5-6H2,(H,18,19). The van der Waals surface area contributed by atoms with Gasteiger partial charge in [0.25, 0.3) is 5.91 Å². The third-order valence-corrected chi connectivity index (χ3v) is 3.76. The molecule has 2 nitrogen and oxygen atoms in total. The van der Waals surface area contributed by atoms with Crippen molar-refractivity contribution < 1.29 is 18.0 Å². The van der Waals surface area contributed by atoms with Crippen LogP contribution in [0.1, 0.15) is 35.2 Å². The first kappa shape index (κ1) is 14.4. The fourth-order valence-corrected chi connectivity index (χ4v) is 2.19. The molecule has 0 unspecified atom stereocenters. The number of hydrogen-bond donors (Lipinski definition) is 1. The molecule has 0 radical (unpaired) electrons. The van der Waals surface area contributed by atoms with E-state index < -0.39 is 17.6 Å². The lowest BCUT2D eigenvalue weighted by molar-refractivity contribution is -0.137. The van der Waals surface area contributed by atoms with Crippen LogP contribution >= 0.6 is 15.9 Å². The maximum absolute atomic E-state index is 12.6. The van der Waals surface area contributed by atoms with Crippen molar-refractivity contribution in [2.24, 2.45) is 5.92 Å². The molecule has 0 heterocycles. The van der Waals surface area contributed by atoms with Gasteiger partial charge in [-0.15, -0.1) is 0 Å². The van der Waals surface area contributed by atoms with Gasteiger partial charge in [0.1, 0.15) is 0 Å². The number of amides is 1. The summed E-state index contributed by atoms with van der Waals surface area (Å²) < 4.78 is 38.1. The Morgan fingerprint density at radius 2 is 2.05 bits per heavy atom. The minimum absolute atomic E-state index is 0.0191. The fourth-order valence-electron chi connectivity index (χ4n) is 1.77. The molecule has 1 aliphatic carbocycles. The Labute approximate surface area is 117 Å². The zero-order valence-electron chi connectivity index (χ0n) is 10.1. The van der Waals surface area contributed by atoms with Crippen molar-refractivity contribution >= 4 is 21.8 Å². The molecule has 1 aliphatic rings. The van der Waals surface area contributed by atoms with E-state index in [-0.39, 0.29) is 5.56 Å². The van der Waals surface area contributed by atoms with Gasteiger partial charge in [0.2, 0.25) is 0 Å². The summed E-state index contributed by atoms with van der Waals surface area (Å²) in [5, 5.41) is 2.65. The normalized spacial score (nSPS) is 15.4. The van der Waals surface area contributed by atoms with E-state index in [1.807, 2.05) is 0 Å². The zero-order chi connectivity index (χ0) is 14.0. The van der Waals surface area contributed by atoms with Crippen molar-refractivity contribution in [1.82, 2.24) is 5.32 Å². The van der Waals surface area contributed by atoms with Gasteiger partial charge < -0.3 is 5.32 Å². The van der Waals surface area contributed by atoms with E-state index in [0.29, 0.717) is 16.9 Å². The summed E-state index contributed by atoms with van der Waals surface area (Å²) in [5.74, 6) is 0.198. The minimum atomic E-state index is -4.44. The summed E-state index contributed by atoms with van der Waals surface area (Å²) in [6.07, 6.45) is -1.18. The lowest BCUT2D eigenvalue weighted by Crippen LogP contribution is -2.25. The van der Waals surface area contributed by atoms with Crippen LogP contribution in [0.25, 0.3) is 0 Å². The fraction of sp³-hybridized carbons (Fsp3) is 0.462. The van der Waals surface area contributed by atoms with Crippen LogP contribution in [0.2, 0.25) is 0 Å². The monoisotopic (exact) mass is 335 g/mol. The van der Waals surface area contributed by atoms with E-state index in [1.54, 1.807) is 0 Å². The SMILES string of the molecule is O=C(NCCC1CC1)c1cc(C(F)(F)F)ccc1Br. The molecule has 6 heteroatoms. The van der Waals surface area contributed by atoms with Gasteiger partial charge in [0.05, 0.1) is 11.1 Å². The van der Waals surface area contributed by atoms with Crippen molar-refractivity contribution in [3.8, 4) is 0 Å². The number of nitrogens with one attached hydrogen (secondary N) is 1. The number of alkyl halides is 3. The molecule has 1 aromatic carbocycles. The average molecular weight is 336 g/mol. The topological polar surface area (TPSA) is 29.1 Å². The zero-order valence-corrected chi connectivity index (χ0v) is 11.6. The second kappa shape index (κ2) is 5.53. The van der Waals surface area contributed by atoms with Crippen LogP contribution in [-0.2, 0) is 6.18 Å². The maximum atomic E-state index is 12.6. The molecule has 0 saturated heterocycles. The Morgan fingerprint density at radius 1 is 1.37 bits per heavy atom. The summed E-state index contributed by atoms with van der Waals surface area (Å²) in [6, 6.07) is 3.07. The van der Waals surface area contributed by atoms with Crippen LogP contribution in [0.15, 0.2) is 22.7 Å². The molecule has 0 aliphatic heterocycles. The summed E-state index contributed by atoms with van der Waals surface area (Å²) >= 11 is 3.10. The highest BCUT2D eigenvalue weighted by molar-refractivity contribution is 9.10. The lowest BCUT2D eigenvalue weighted by Gasteiger charge is -2.11. The molecule has 1 aromatic rings.